The minimum absolute atomic E-state index is 0. The number of nitrogens with zero attached hydrogens (tertiary/aromatic N) is 1. The number of carbonyl (C=O) groups is 2. The minimum Gasteiger partial charge on any atom is -0.410 e. The summed E-state index contributed by atoms with van der Waals surface area (Å²) in [6, 6.07) is 0. The molecule has 2 amide bonds. The summed E-state index contributed by atoms with van der Waals surface area (Å²) in [5.41, 5.74) is 0. The summed E-state index contributed by atoms with van der Waals surface area (Å²) in [7, 11) is 0. The molecule has 1 aliphatic heterocycles. The molecule has 0 unspecified atom stereocenters. The first kappa shape index (κ1) is 11.4. The van der Waals surface area contributed by atoms with Gasteiger partial charge >= 0.3 is 29.6 Å². The van der Waals surface area contributed by atoms with Crippen LogP contribution in [0.15, 0.2) is 0 Å². The van der Waals surface area contributed by atoms with Crippen LogP contribution in [0.5, 0.6) is 0 Å². The van der Waals surface area contributed by atoms with E-state index in [-0.39, 0.29) is 58.5 Å². The summed E-state index contributed by atoms with van der Waals surface area (Å²) >= 11 is 9.02. The van der Waals surface area contributed by atoms with Crippen LogP contribution in [0.2, 0.25) is 0 Å². The molecule has 11 heavy (non-hydrogen) atoms. The Hall–Kier alpha value is 0.450. The third-order valence-electron chi connectivity index (χ3n) is 1.23. The Balaban J connectivity index is 0.000001000. The molecule has 0 aliphatic carbocycles. The Morgan fingerprint density at radius 3 is 1.91 bits per heavy atom. The Bertz CT molecular complexity index is 203. The average Bonchev–Trinajstić information content (AvgIpc) is 2.11. The maximum atomic E-state index is 10.8. The van der Waals surface area contributed by atoms with Crippen LogP contribution in [-0.2, 0) is 22.2 Å². The molecule has 3 nitrogen and oxygen atoms in total. The average molecular weight is 197 g/mol. The number of likely N-dealkylation sites (tertiary alicyclic amines) is 1. The molecule has 0 bridgehead atoms. The molecule has 1 heterocycles. The van der Waals surface area contributed by atoms with Crippen LogP contribution < -0.4 is 29.6 Å². The molecule has 0 atom stereocenters. The van der Waals surface area contributed by atoms with Crippen molar-refractivity contribution >= 4 is 41.0 Å². The molecule has 0 aromatic carbocycles. The number of rotatable bonds is 0. The third kappa shape index (κ3) is 2.45. The predicted molar refractivity (Wildman–Crippen MR) is 41.1 cm³/mol. The van der Waals surface area contributed by atoms with Gasteiger partial charge in [-0.2, -0.15) is 0 Å². The fourth-order valence-corrected chi connectivity index (χ4v) is 1.19. The van der Waals surface area contributed by atoms with E-state index in [1.54, 1.807) is 0 Å². The summed E-state index contributed by atoms with van der Waals surface area (Å²) in [5.74, 6) is -0.546. The van der Waals surface area contributed by atoms with Gasteiger partial charge in [0.2, 0.25) is 11.8 Å². The third-order valence-corrected chi connectivity index (χ3v) is 1.60. The fraction of sp³-hybridized carbons (Fsp3) is 0.400. The maximum absolute atomic E-state index is 10.8. The van der Waals surface area contributed by atoms with Crippen LogP contribution in [0.1, 0.15) is 12.8 Å². The zero-order valence-electron chi connectivity index (χ0n) is 5.99. The van der Waals surface area contributed by atoms with Gasteiger partial charge in [-0.05, 0) is 4.32 Å². The van der Waals surface area contributed by atoms with Crippen molar-refractivity contribution < 1.29 is 39.1 Å². The standard InChI is InChI=1S/C5H5NO2S2.Na/c7-3-1-2-4(8)6(3)5(9)10;/h1-2H2,(H,9,10);/q;+1/p-1. The second-order valence-electron chi connectivity index (χ2n) is 1.89. The van der Waals surface area contributed by atoms with Crippen molar-refractivity contribution in [2.24, 2.45) is 0 Å². The molecule has 0 spiro atoms. The van der Waals surface area contributed by atoms with Gasteiger partial charge in [0, 0.05) is 12.8 Å². The van der Waals surface area contributed by atoms with Crippen LogP contribution in [0, 0.1) is 0 Å². The number of hydrogen-bond acceptors (Lipinski definition) is 4. The quantitative estimate of drug-likeness (QED) is 0.179. The van der Waals surface area contributed by atoms with E-state index in [1.807, 2.05) is 0 Å². The van der Waals surface area contributed by atoms with Gasteiger partial charge in [0.1, 0.15) is 0 Å². The molecule has 0 aromatic heterocycles. The minimum atomic E-state index is -0.273. The number of amides is 2. The monoisotopic (exact) mass is 197 g/mol. The van der Waals surface area contributed by atoms with Crippen molar-refractivity contribution in [1.82, 2.24) is 4.90 Å². The molecule has 6 heteroatoms. The van der Waals surface area contributed by atoms with Gasteiger partial charge < -0.3 is 24.8 Å². The second kappa shape index (κ2) is 4.47. The topological polar surface area (TPSA) is 37.4 Å². The summed E-state index contributed by atoms with van der Waals surface area (Å²) < 4.78 is -0.0625. The van der Waals surface area contributed by atoms with E-state index in [2.05, 4.69) is 24.8 Å². The SMILES string of the molecule is O=C1CCC(=O)N1C(=S)[S-].[Na+]. The zero-order valence-corrected chi connectivity index (χ0v) is 9.63. The summed E-state index contributed by atoms with van der Waals surface area (Å²) in [5, 5.41) is 0. The molecule has 1 saturated heterocycles. The van der Waals surface area contributed by atoms with Crippen molar-refractivity contribution in [2.45, 2.75) is 12.8 Å². The van der Waals surface area contributed by atoms with Crippen LogP contribution >= 0.6 is 12.2 Å². The van der Waals surface area contributed by atoms with E-state index in [0.29, 0.717) is 0 Å². The van der Waals surface area contributed by atoms with E-state index >= 15 is 0 Å². The Morgan fingerprint density at radius 2 is 1.73 bits per heavy atom. The van der Waals surface area contributed by atoms with Gasteiger partial charge in [-0.25, -0.2) is 0 Å². The van der Waals surface area contributed by atoms with E-state index in [4.69, 9.17) is 0 Å². The van der Waals surface area contributed by atoms with Gasteiger partial charge in [-0.15, -0.1) is 0 Å². The number of carbonyl (C=O) groups excluding carboxylic acids is 2. The molecular formula is C5H4NNaO2S2. The Labute approximate surface area is 97.2 Å². The van der Waals surface area contributed by atoms with Crippen molar-refractivity contribution in [3.05, 3.63) is 0 Å². The van der Waals surface area contributed by atoms with Crippen LogP contribution in [0.25, 0.3) is 0 Å². The van der Waals surface area contributed by atoms with Gasteiger partial charge in [0.15, 0.2) is 0 Å². The van der Waals surface area contributed by atoms with Gasteiger partial charge in [-0.3, -0.25) is 14.5 Å². The van der Waals surface area contributed by atoms with Crippen molar-refractivity contribution in [2.75, 3.05) is 0 Å². The first-order chi connectivity index (χ1) is 4.63. The fourth-order valence-electron chi connectivity index (χ4n) is 0.780. The van der Waals surface area contributed by atoms with E-state index < -0.39 is 0 Å². The van der Waals surface area contributed by atoms with E-state index in [1.165, 1.54) is 0 Å². The Morgan fingerprint density at radius 1 is 1.36 bits per heavy atom. The summed E-state index contributed by atoms with van der Waals surface area (Å²) in [4.78, 5) is 22.4. The molecule has 1 aliphatic rings. The molecule has 0 aromatic rings. The first-order valence-corrected chi connectivity index (χ1v) is 3.51. The van der Waals surface area contributed by atoms with Crippen LogP contribution in [0.3, 0.4) is 0 Å². The van der Waals surface area contributed by atoms with Gasteiger partial charge in [0.05, 0.1) is 0 Å². The molecule has 0 saturated carbocycles. The van der Waals surface area contributed by atoms with Gasteiger partial charge in [-0.1, -0.05) is 0 Å². The number of thiocarbonyl (C=S) groups is 1. The Kier molecular flexibility index (Phi) is 4.65. The predicted octanol–water partition coefficient (Wildman–Crippen LogP) is -3.03. The summed E-state index contributed by atoms with van der Waals surface area (Å²) in [6.45, 7) is 0. The van der Waals surface area contributed by atoms with Crippen LogP contribution in [0.4, 0.5) is 0 Å². The van der Waals surface area contributed by atoms with Crippen molar-refractivity contribution in [1.29, 1.82) is 0 Å². The molecule has 0 N–H and O–H groups in total. The molecular weight excluding hydrogens is 193 g/mol. The van der Waals surface area contributed by atoms with Crippen molar-refractivity contribution in [3.63, 3.8) is 0 Å². The first-order valence-electron chi connectivity index (χ1n) is 2.69. The largest absolute Gasteiger partial charge is 1.00 e. The van der Waals surface area contributed by atoms with E-state index in [0.717, 1.165) is 4.90 Å². The zero-order chi connectivity index (χ0) is 7.72. The van der Waals surface area contributed by atoms with Crippen molar-refractivity contribution in [3.8, 4) is 0 Å². The molecule has 54 valence electrons. The molecule has 1 fully saturated rings. The number of hydrogen-bond donors (Lipinski definition) is 0. The van der Waals surface area contributed by atoms with E-state index in [9.17, 15) is 9.59 Å². The normalized spacial score (nSPS) is 16.5. The van der Waals surface area contributed by atoms with Gasteiger partial charge in [0.25, 0.3) is 0 Å². The second-order valence-corrected chi connectivity index (χ2v) is 2.92. The smallest absolute Gasteiger partial charge is 0.410 e. The number of imide groups is 1. The maximum Gasteiger partial charge on any atom is 1.00 e. The molecule has 1 rings (SSSR count). The van der Waals surface area contributed by atoms with Crippen LogP contribution in [-0.4, -0.2) is 21.0 Å². The molecule has 0 radical (unpaired) electrons. The summed E-state index contributed by atoms with van der Waals surface area (Å²) in [6.07, 6.45) is 0.491.